The van der Waals surface area contributed by atoms with E-state index >= 15 is 0 Å². The average molecular weight is 1110 g/mol. The van der Waals surface area contributed by atoms with E-state index < -0.39 is 0 Å². The Morgan fingerprint density at radius 3 is 1.08 bits per heavy atom. The summed E-state index contributed by atoms with van der Waals surface area (Å²) in [4.78, 5) is 17.2. The predicted molar refractivity (Wildman–Crippen MR) is 359 cm³/mol. The number of hydrogen-bond donors (Lipinski definition) is 0. The van der Waals surface area contributed by atoms with Gasteiger partial charge in [0.1, 0.15) is 0 Å². The molecule has 0 aliphatic heterocycles. The van der Waals surface area contributed by atoms with Gasteiger partial charge in [0, 0.05) is 60.3 Å². The van der Waals surface area contributed by atoms with E-state index in [1.165, 1.54) is 60.1 Å². The van der Waals surface area contributed by atoms with E-state index in [1.54, 1.807) is 0 Å². The minimum atomic E-state index is -0.142. The zero-order chi connectivity index (χ0) is 58.9. The first kappa shape index (κ1) is 53.6. The fourth-order valence-corrected chi connectivity index (χ4v) is 12.7. The van der Waals surface area contributed by atoms with Crippen molar-refractivity contribution in [3.63, 3.8) is 0 Å². The lowest BCUT2D eigenvalue weighted by molar-refractivity contribution is 0.568. The molecule has 14 aromatic rings. The van der Waals surface area contributed by atoms with E-state index in [4.69, 9.17) is 15.0 Å². The highest BCUT2D eigenvalue weighted by Crippen LogP contribution is 2.45. The number of rotatable bonds is 7. The first-order chi connectivity index (χ1) is 40.7. The van der Waals surface area contributed by atoms with Gasteiger partial charge in [-0.3, -0.25) is 0 Å². The normalized spacial score (nSPS) is 12.7. The van der Waals surface area contributed by atoms with Crippen LogP contribution in [-0.2, 0) is 21.7 Å². The summed E-state index contributed by atoms with van der Waals surface area (Å²) in [5.74, 6) is 1.86. The highest BCUT2D eigenvalue weighted by atomic mass is 15.1. The molecule has 0 radical (unpaired) electrons. The van der Waals surface area contributed by atoms with Gasteiger partial charge in [-0.25, -0.2) is 15.0 Å². The van der Waals surface area contributed by atoms with Gasteiger partial charge >= 0.3 is 0 Å². The average Bonchev–Trinajstić information content (AvgIpc) is 3.29. The molecule has 0 unspecified atom stereocenters. The van der Waals surface area contributed by atoms with Crippen LogP contribution in [0.2, 0.25) is 0 Å². The molecule has 0 aliphatic rings. The lowest BCUT2D eigenvalue weighted by Gasteiger charge is -2.26. The third kappa shape index (κ3) is 9.21. The molecule has 0 amide bonds. The van der Waals surface area contributed by atoms with Crippen LogP contribution in [-0.4, -0.2) is 28.7 Å². The van der Waals surface area contributed by atoms with Gasteiger partial charge in [-0.1, -0.05) is 210 Å². The van der Waals surface area contributed by atoms with Crippen LogP contribution in [0.5, 0.6) is 0 Å². The van der Waals surface area contributed by atoms with Gasteiger partial charge in [-0.05, 0) is 140 Å². The topological polar surface area (TPSA) is 53.5 Å². The predicted octanol–water partition coefficient (Wildman–Crippen LogP) is 21.0. The maximum atomic E-state index is 5.80. The lowest BCUT2D eigenvalue weighted by Crippen LogP contribution is -2.17. The van der Waals surface area contributed by atoms with Gasteiger partial charge in [-0.15, -0.1) is 0 Å². The van der Waals surface area contributed by atoms with Crippen molar-refractivity contribution in [2.45, 2.75) is 105 Å². The Balaban J connectivity index is 1.12. The minimum absolute atomic E-state index is 0.142. The summed E-state index contributed by atoms with van der Waals surface area (Å²) in [6, 6.07) is 80.6. The van der Waals surface area contributed by atoms with Crippen molar-refractivity contribution in [2.75, 3.05) is 0 Å². The molecule has 418 valence electrons. The monoisotopic (exact) mass is 1100 g/mol. The summed E-state index contributed by atoms with van der Waals surface area (Å²) >= 11 is 0. The molecule has 0 N–H and O–H groups in total. The van der Waals surface area contributed by atoms with Crippen LogP contribution in [0, 0.1) is 0 Å². The van der Waals surface area contributed by atoms with Gasteiger partial charge in [0.25, 0.3) is 0 Å². The van der Waals surface area contributed by atoms with E-state index in [2.05, 4.69) is 315 Å². The Labute approximate surface area is 499 Å². The third-order valence-corrected chi connectivity index (χ3v) is 17.5. The maximum Gasteiger partial charge on any atom is 0.166 e. The van der Waals surface area contributed by atoms with Crippen molar-refractivity contribution in [2.24, 2.45) is 0 Å². The third-order valence-electron chi connectivity index (χ3n) is 17.5. The van der Waals surface area contributed by atoms with Gasteiger partial charge in [0.15, 0.2) is 17.5 Å². The molecule has 14 rings (SSSR count). The molecule has 0 aliphatic carbocycles. The lowest BCUT2D eigenvalue weighted by atomic mass is 9.79. The summed E-state index contributed by atoms with van der Waals surface area (Å²) in [5.41, 5.74) is 19.3. The van der Waals surface area contributed by atoms with Crippen LogP contribution in [0.1, 0.15) is 105 Å². The number of benzene rings is 10. The highest BCUT2D eigenvalue weighted by Gasteiger charge is 2.28. The molecule has 0 atom stereocenters. The summed E-state index contributed by atoms with van der Waals surface area (Å²) in [6.45, 7) is 27.5. The van der Waals surface area contributed by atoms with Crippen LogP contribution < -0.4 is 0 Å². The molecule has 10 aromatic carbocycles. The standard InChI is InChI=1S/C79H72N6/c1-76(2,3)52-40-50(41-53(45-52)77(4,5)6)73-80-74(51-42-54(78(7,8)9)46-55(43-51)79(10,11)12)82-75(81-73)64-44-49(57-28-16-21-33-65(57)84-67-35-23-17-29-58(67)59-30-18-24-36-68(59)84)38-39-70(64)85-69-37-25-20-32-61(69)63-47-62-60-31-19-22-34-66(60)83(71(62)48-72(63)85)56-26-14-13-15-27-56/h13-48H,1-12H3. The van der Waals surface area contributed by atoms with Crippen LogP contribution in [0.3, 0.4) is 0 Å². The van der Waals surface area contributed by atoms with Gasteiger partial charge < -0.3 is 13.7 Å². The van der Waals surface area contributed by atoms with Crippen molar-refractivity contribution >= 4 is 65.4 Å². The molecule has 6 nitrogen and oxygen atoms in total. The second-order valence-electron chi connectivity index (χ2n) is 27.5. The second-order valence-corrected chi connectivity index (χ2v) is 27.5. The molecule has 0 fully saturated rings. The molecule has 0 saturated heterocycles. The Morgan fingerprint density at radius 2 is 0.612 bits per heavy atom. The molecular weight excluding hydrogens is 1030 g/mol. The first-order valence-electron chi connectivity index (χ1n) is 30.0. The molecule has 85 heavy (non-hydrogen) atoms. The molecule has 4 heterocycles. The summed E-state index contributed by atoms with van der Waals surface area (Å²) in [7, 11) is 0. The number of aromatic nitrogens is 6. The number of nitrogens with zero attached hydrogens (tertiary/aromatic N) is 6. The summed E-state index contributed by atoms with van der Waals surface area (Å²) in [5, 5.41) is 7.20. The van der Waals surface area contributed by atoms with Crippen LogP contribution in [0.25, 0.3) is 128 Å². The quantitative estimate of drug-likeness (QED) is 0.160. The number of fused-ring (bicyclic) bond motifs is 9. The van der Waals surface area contributed by atoms with E-state index in [-0.39, 0.29) is 21.7 Å². The zero-order valence-electron chi connectivity index (χ0n) is 51.0. The fourth-order valence-electron chi connectivity index (χ4n) is 12.7. The highest BCUT2D eigenvalue weighted by molar-refractivity contribution is 6.19. The van der Waals surface area contributed by atoms with E-state index in [0.29, 0.717) is 17.5 Å². The molecular formula is C79H72N6. The number of para-hydroxylation sites is 6. The van der Waals surface area contributed by atoms with Crippen molar-refractivity contribution < 1.29 is 0 Å². The SMILES string of the molecule is CC(C)(C)c1cc(-c2nc(-c3cc(C(C)(C)C)cc(C(C)(C)C)c3)nc(-c3cc(-c4ccccc4-n4c5ccccc5c5ccccc54)ccc3-n3c4ccccc4c4cc5c6ccccc6n(-c6ccccc6)c5cc43)n2)cc(C(C)(C)C)c1. The Hall–Kier alpha value is -9.39. The number of hydrogen-bond acceptors (Lipinski definition) is 3. The van der Waals surface area contributed by atoms with Gasteiger partial charge in [0.05, 0.1) is 44.5 Å². The van der Waals surface area contributed by atoms with Crippen molar-refractivity contribution in [3.05, 3.63) is 241 Å². The molecule has 4 aromatic heterocycles. The van der Waals surface area contributed by atoms with E-state index in [0.717, 1.165) is 72.5 Å². The van der Waals surface area contributed by atoms with Gasteiger partial charge in [0.2, 0.25) is 0 Å². The van der Waals surface area contributed by atoms with E-state index in [1.807, 2.05) is 0 Å². The Kier molecular flexibility index (Phi) is 12.4. The second kappa shape index (κ2) is 19.6. The summed E-state index contributed by atoms with van der Waals surface area (Å²) in [6.07, 6.45) is 0. The largest absolute Gasteiger partial charge is 0.309 e. The molecule has 0 bridgehead atoms. The van der Waals surface area contributed by atoms with Crippen LogP contribution in [0.4, 0.5) is 0 Å². The van der Waals surface area contributed by atoms with E-state index in [9.17, 15) is 0 Å². The van der Waals surface area contributed by atoms with Crippen LogP contribution >= 0.6 is 0 Å². The smallest absolute Gasteiger partial charge is 0.166 e. The maximum absolute atomic E-state index is 5.80. The summed E-state index contributed by atoms with van der Waals surface area (Å²) < 4.78 is 7.32. The van der Waals surface area contributed by atoms with Crippen LogP contribution in [0.15, 0.2) is 218 Å². The first-order valence-corrected chi connectivity index (χ1v) is 30.0. The van der Waals surface area contributed by atoms with Gasteiger partial charge in [-0.2, -0.15) is 0 Å². The van der Waals surface area contributed by atoms with Crippen molar-refractivity contribution in [1.29, 1.82) is 0 Å². The molecule has 6 heteroatoms. The Bertz CT molecular complexity index is 4770. The minimum Gasteiger partial charge on any atom is -0.309 e. The Morgan fingerprint density at radius 1 is 0.247 bits per heavy atom. The van der Waals surface area contributed by atoms with Crippen molar-refractivity contribution in [1.82, 2.24) is 28.7 Å². The zero-order valence-corrected chi connectivity index (χ0v) is 51.0. The van der Waals surface area contributed by atoms with Crippen molar-refractivity contribution in [3.8, 4) is 62.4 Å². The molecule has 0 spiro atoms. The molecule has 0 saturated carbocycles. The fraction of sp³-hybridized carbons (Fsp3) is 0.203.